The summed E-state index contributed by atoms with van der Waals surface area (Å²) < 4.78 is 6.16. The van der Waals surface area contributed by atoms with Crippen LogP contribution in [0.2, 0.25) is 0 Å². The van der Waals surface area contributed by atoms with E-state index >= 15 is 0 Å². The zero-order valence-electron chi connectivity index (χ0n) is 38.8. The molecule has 0 heterocycles. The van der Waals surface area contributed by atoms with E-state index in [4.69, 9.17) is 16.2 Å². The summed E-state index contributed by atoms with van der Waals surface area (Å²) >= 11 is 0. The van der Waals surface area contributed by atoms with E-state index in [0.29, 0.717) is 31.2 Å². The van der Waals surface area contributed by atoms with Gasteiger partial charge in [-0.1, -0.05) is 86.8 Å². The zero-order valence-corrected chi connectivity index (χ0v) is 38.8. The van der Waals surface area contributed by atoms with Gasteiger partial charge in [-0.05, 0) is 169 Å². The van der Waals surface area contributed by atoms with Crippen molar-refractivity contribution in [2.45, 2.75) is 221 Å². The number of hydrogen-bond acceptors (Lipinski definition) is 6. The molecule has 8 unspecified atom stereocenters. The lowest BCUT2D eigenvalue weighted by Gasteiger charge is -2.58. The van der Waals surface area contributed by atoms with Crippen LogP contribution in [-0.2, 0) is 14.3 Å². The van der Waals surface area contributed by atoms with Crippen LogP contribution in [0.1, 0.15) is 204 Å². The Morgan fingerprint density at radius 3 is 2.23 bits per heavy atom. The number of carbonyl (C=O) groups is 2. The Labute approximate surface area is 351 Å². The van der Waals surface area contributed by atoms with Crippen molar-refractivity contribution in [3.63, 3.8) is 0 Å². The van der Waals surface area contributed by atoms with Gasteiger partial charge in [0, 0.05) is 43.4 Å². The highest BCUT2D eigenvalue weighted by Crippen LogP contribution is 2.67. The Balaban J connectivity index is 1.22. The first kappa shape index (κ1) is 48.2. The fraction of sp³-hybridized carbons (Fsp3) is 0.920. The Morgan fingerprint density at radius 1 is 0.842 bits per heavy atom. The summed E-state index contributed by atoms with van der Waals surface area (Å²) in [6.07, 6.45) is 25.4. The molecule has 1 amide bonds. The molecular weight excluding hydrogens is 705 g/mol. The lowest BCUT2D eigenvalue weighted by atomic mass is 9.47. The van der Waals surface area contributed by atoms with Crippen LogP contribution in [0.15, 0.2) is 11.6 Å². The first-order valence-electron chi connectivity index (χ1n) is 24.5. The van der Waals surface area contributed by atoms with Gasteiger partial charge in [-0.25, -0.2) is 0 Å². The van der Waals surface area contributed by atoms with Crippen LogP contribution in [0.3, 0.4) is 0 Å². The van der Waals surface area contributed by atoms with Crippen molar-refractivity contribution in [2.24, 2.45) is 57.8 Å². The molecule has 4 rings (SSSR count). The fourth-order valence-corrected chi connectivity index (χ4v) is 12.1. The predicted octanol–water partition coefficient (Wildman–Crippen LogP) is 11.1. The van der Waals surface area contributed by atoms with Crippen LogP contribution in [0.5, 0.6) is 0 Å². The number of amides is 1. The number of rotatable bonds is 25. The fourth-order valence-electron chi connectivity index (χ4n) is 12.1. The largest absolute Gasteiger partial charge is 0.462 e. The quantitative estimate of drug-likeness (QED) is 0.0482. The van der Waals surface area contributed by atoms with Gasteiger partial charge in [-0.15, -0.1) is 0 Å². The zero-order chi connectivity index (χ0) is 41.9. The number of nitrogens with zero attached hydrogens (tertiary/aromatic N) is 1. The standard InChI is InChI=1S/C50H92N4O3/c1-10-49(51,11-2)30-33-53-32-14-15-34-54(35-31-50(52,12-3)13-4)45(55)20-17-21-46(56)57-41-26-28-48(9)40(36-41)22-24-42-43-25-23-39(19-16-18-38(7)37(5)6)47(43,8)29-27-44(42)48/h22,37-39,41-44,53H,10-21,23-36,51-52H2,1-9H3. The molecule has 7 heteroatoms. The molecule has 0 saturated heterocycles. The van der Waals surface area contributed by atoms with E-state index in [9.17, 15) is 9.59 Å². The molecule has 3 fully saturated rings. The SMILES string of the molecule is CCC(N)(CC)CCNCCCCN(CCC(N)(CC)CC)C(=O)CCCC(=O)OC1CCC2(C)C(=CCC3C2CCC2(C)C(CCCC(C)C(C)C)CCC32)C1. The number of allylic oxidation sites excluding steroid dienone is 1. The Bertz CT molecular complexity index is 1270. The first-order chi connectivity index (χ1) is 27.1. The summed E-state index contributed by atoms with van der Waals surface area (Å²) in [5.74, 6) is 4.99. The monoisotopic (exact) mass is 797 g/mol. The smallest absolute Gasteiger partial charge is 0.306 e. The molecule has 3 saturated carbocycles. The van der Waals surface area contributed by atoms with E-state index in [2.05, 4.69) is 73.7 Å². The molecule has 0 radical (unpaired) electrons. The van der Waals surface area contributed by atoms with Gasteiger partial charge in [0.1, 0.15) is 6.10 Å². The van der Waals surface area contributed by atoms with E-state index < -0.39 is 0 Å². The van der Waals surface area contributed by atoms with Gasteiger partial charge in [-0.2, -0.15) is 0 Å². The molecule has 57 heavy (non-hydrogen) atoms. The predicted molar refractivity (Wildman–Crippen MR) is 240 cm³/mol. The lowest BCUT2D eigenvalue weighted by molar-refractivity contribution is -0.151. The molecule has 0 aliphatic heterocycles. The Morgan fingerprint density at radius 2 is 1.54 bits per heavy atom. The van der Waals surface area contributed by atoms with Gasteiger partial charge < -0.3 is 26.4 Å². The Hall–Kier alpha value is -1.44. The van der Waals surface area contributed by atoms with Crippen molar-refractivity contribution in [2.75, 3.05) is 26.2 Å². The maximum atomic E-state index is 13.6. The van der Waals surface area contributed by atoms with Crippen molar-refractivity contribution in [3.8, 4) is 0 Å². The highest BCUT2D eigenvalue weighted by molar-refractivity contribution is 5.77. The summed E-state index contributed by atoms with van der Waals surface area (Å²) in [6, 6.07) is 0. The summed E-state index contributed by atoms with van der Waals surface area (Å²) in [7, 11) is 0. The number of hydrogen-bond donors (Lipinski definition) is 3. The third-order valence-corrected chi connectivity index (χ3v) is 17.6. The van der Waals surface area contributed by atoms with E-state index in [-0.39, 0.29) is 34.5 Å². The maximum Gasteiger partial charge on any atom is 0.306 e. The van der Waals surface area contributed by atoms with Gasteiger partial charge in [0.2, 0.25) is 5.91 Å². The molecule has 4 aliphatic rings. The van der Waals surface area contributed by atoms with Crippen LogP contribution in [0.25, 0.3) is 0 Å². The van der Waals surface area contributed by atoms with Gasteiger partial charge in [0.05, 0.1) is 0 Å². The minimum absolute atomic E-state index is 0.0295. The average Bonchev–Trinajstić information content (AvgIpc) is 3.54. The van der Waals surface area contributed by atoms with Crippen molar-refractivity contribution >= 4 is 11.9 Å². The number of carbonyl (C=O) groups excluding carboxylic acids is 2. The second-order valence-corrected chi connectivity index (χ2v) is 20.9. The van der Waals surface area contributed by atoms with Crippen LogP contribution in [0, 0.1) is 46.3 Å². The summed E-state index contributed by atoms with van der Waals surface area (Å²) in [5.41, 5.74) is 15.1. The molecule has 0 spiro atoms. The topological polar surface area (TPSA) is 111 Å². The number of nitrogens with two attached hydrogens (primary N) is 2. The maximum absolute atomic E-state index is 13.6. The van der Waals surface area contributed by atoms with Gasteiger partial charge in [0.15, 0.2) is 0 Å². The minimum Gasteiger partial charge on any atom is -0.462 e. The lowest BCUT2D eigenvalue weighted by Crippen LogP contribution is -2.50. The van der Waals surface area contributed by atoms with Gasteiger partial charge in [-0.3, -0.25) is 9.59 Å². The second-order valence-electron chi connectivity index (χ2n) is 20.9. The van der Waals surface area contributed by atoms with Crippen LogP contribution >= 0.6 is 0 Å². The molecule has 5 N–H and O–H groups in total. The summed E-state index contributed by atoms with van der Waals surface area (Å²) in [5, 5.41) is 3.56. The summed E-state index contributed by atoms with van der Waals surface area (Å²) in [6.45, 7) is 24.3. The van der Waals surface area contributed by atoms with Crippen LogP contribution < -0.4 is 16.8 Å². The number of nitrogens with one attached hydrogen (secondary N) is 1. The van der Waals surface area contributed by atoms with Crippen LogP contribution in [-0.4, -0.2) is 60.1 Å². The van der Waals surface area contributed by atoms with E-state index in [0.717, 1.165) is 126 Å². The van der Waals surface area contributed by atoms with Gasteiger partial charge in [0.25, 0.3) is 0 Å². The minimum atomic E-state index is -0.245. The molecule has 0 bridgehead atoms. The number of ether oxygens (including phenoxy) is 1. The summed E-state index contributed by atoms with van der Waals surface area (Å²) in [4.78, 5) is 28.8. The molecular formula is C50H92N4O3. The van der Waals surface area contributed by atoms with Crippen molar-refractivity contribution in [1.82, 2.24) is 10.2 Å². The van der Waals surface area contributed by atoms with Gasteiger partial charge >= 0.3 is 5.97 Å². The molecule has 0 aromatic rings. The number of fused-ring (bicyclic) bond motifs is 5. The second kappa shape index (κ2) is 21.9. The van der Waals surface area contributed by atoms with E-state index in [1.807, 2.05) is 4.90 Å². The van der Waals surface area contributed by atoms with Crippen molar-refractivity contribution in [3.05, 3.63) is 11.6 Å². The average molecular weight is 797 g/mol. The normalized spacial score (nSPS) is 29.3. The highest BCUT2D eigenvalue weighted by Gasteiger charge is 2.58. The molecule has 330 valence electrons. The van der Waals surface area contributed by atoms with Crippen molar-refractivity contribution < 1.29 is 14.3 Å². The number of esters is 1. The molecule has 7 nitrogen and oxygen atoms in total. The van der Waals surface area contributed by atoms with Crippen LogP contribution in [0.4, 0.5) is 0 Å². The first-order valence-corrected chi connectivity index (χ1v) is 24.5. The number of unbranched alkanes of at least 4 members (excludes halogenated alkanes) is 1. The molecule has 0 aromatic carbocycles. The Kier molecular flexibility index (Phi) is 18.5. The molecule has 8 atom stereocenters. The highest BCUT2D eigenvalue weighted by atomic mass is 16.5. The molecule has 4 aliphatic carbocycles. The molecule has 0 aromatic heterocycles. The van der Waals surface area contributed by atoms with E-state index in [1.165, 1.54) is 51.4 Å². The van der Waals surface area contributed by atoms with Crippen molar-refractivity contribution in [1.29, 1.82) is 0 Å². The third-order valence-electron chi connectivity index (χ3n) is 17.6. The van der Waals surface area contributed by atoms with E-state index in [1.54, 1.807) is 5.57 Å². The third kappa shape index (κ3) is 12.6.